The van der Waals surface area contributed by atoms with Crippen LogP contribution in [-0.2, 0) is 13.0 Å². The van der Waals surface area contributed by atoms with Gasteiger partial charge in [0.05, 0.1) is 17.6 Å². The molecule has 1 aliphatic heterocycles. The van der Waals surface area contributed by atoms with E-state index in [0.29, 0.717) is 13.1 Å². The number of carbonyl (C=O) groups is 1. The molecule has 0 unspecified atom stereocenters. The molecule has 0 fully saturated rings. The zero-order valence-electron chi connectivity index (χ0n) is 14.2. The summed E-state index contributed by atoms with van der Waals surface area (Å²) in [7, 11) is 0. The van der Waals surface area contributed by atoms with E-state index in [1.54, 1.807) is 0 Å². The molecule has 3 heterocycles. The summed E-state index contributed by atoms with van der Waals surface area (Å²) < 4.78 is 1.99. The molecule has 0 aliphatic carbocycles. The van der Waals surface area contributed by atoms with Gasteiger partial charge < -0.3 is 9.88 Å². The minimum absolute atomic E-state index is 0.0771. The number of aromatic nitrogens is 3. The summed E-state index contributed by atoms with van der Waals surface area (Å²) in [6, 6.07) is 17.9. The van der Waals surface area contributed by atoms with E-state index in [-0.39, 0.29) is 5.91 Å². The molecule has 5 heteroatoms. The van der Waals surface area contributed by atoms with Gasteiger partial charge >= 0.3 is 0 Å². The zero-order chi connectivity index (χ0) is 17.5. The average Bonchev–Trinajstić information content (AvgIpc) is 3.34. The number of amides is 1. The van der Waals surface area contributed by atoms with Crippen LogP contribution in [-0.4, -0.2) is 32.1 Å². The maximum absolute atomic E-state index is 13.1. The second kappa shape index (κ2) is 5.88. The molecule has 0 atom stereocenters. The highest BCUT2D eigenvalue weighted by atomic mass is 16.2. The lowest BCUT2D eigenvalue weighted by atomic mass is 10.0. The predicted octanol–water partition coefficient (Wildman–Crippen LogP) is 3.55. The monoisotopic (exact) mass is 342 g/mol. The summed E-state index contributed by atoms with van der Waals surface area (Å²) in [4.78, 5) is 18.2. The highest BCUT2D eigenvalue weighted by Crippen LogP contribution is 2.25. The predicted molar refractivity (Wildman–Crippen MR) is 100 cm³/mol. The van der Waals surface area contributed by atoms with E-state index in [4.69, 9.17) is 0 Å². The van der Waals surface area contributed by atoms with Crippen molar-refractivity contribution < 1.29 is 4.79 Å². The number of nitrogens with one attached hydrogen (secondary N) is 1. The molecule has 26 heavy (non-hydrogen) atoms. The van der Waals surface area contributed by atoms with Crippen molar-refractivity contribution in [1.82, 2.24) is 19.7 Å². The molecular weight excluding hydrogens is 324 g/mol. The Morgan fingerprint density at radius 2 is 1.92 bits per heavy atom. The summed E-state index contributed by atoms with van der Waals surface area (Å²) in [5.41, 5.74) is 5.12. The van der Waals surface area contributed by atoms with E-state index in [9.17, 15) is 4.79 Å². The molecule has 0 spiro atoms. The lowest BCUT2D eigenvalue weighted by Gasteiger charge is -2.27. The quantitative estimate of drug-likeness (QED) is 0.606. The van der Waals surface area contributed by atoms with E-state index in [1.807, 2.05) is 64.4 Å². The third kappa shape index (κ3) is 2.32. The minimum Gasteiger partial charge on any atom is -0.361 e. The van der Waals surface area contributed by atoms with Crippen molar-refractivity contribution in [3.8, 4) is 5.69 Å². The van der Waals surface area contributed by atoms with Gasteiger partial charge in [0, 0.05) is 47.7 Å². The number of benzene rings is 2. The molecule has 0 radical (unpaired) electrons. The smallest absolute Gasteiger partial charge is 0.254 e. The molecule has 0 saturated heterocycles. The Labute approximate surface area is 150 Å². The van der Waals surface area contributed by atoms with E-state index in [1.165, 1.54) is 5.69 Å². The summed E-state index contributed by atoms with van der Waals surface area (Å²) in [6.07, 6.45) is 4.57. The fourth-order valence-corrected chi connectivity index (χ4v) is 3.74. The first-order valence-corrected chi connectivity index (χ1v) is 8.78. The molecule has 4 aromatic rings. The number of para-hydroxylation sites is 1. The fraction of sp³-hybridized carbons (Fsp3) is 0.143. The maximum Gasteiger partial charge on any atom is 0.254 e. The number of hydrogen-bond donors (Lipinski definition) is 1. The van der Waals surface area contributed by atoms with Gasteiger partial charge in [0.15, 0.2) is 0 Å². The lowest BCUT2D eigenvalue weighted by molar-refractivity contribution is 0.0736. The fourth-order valence-electron chi connectivity index (χ4n) is 3.74. The second-order valence-electron chi connectivity index (χ2n) is 6.59. The van der Waals surface area contributed by atoms with Crippen LogP contribution in [0.15, 0.2) is 67.0 Å². The molecule has 0 saturated carbocycles. The van der Waals surface area contributed by atoms with Gasteiger partial charge in [-0.05, 0) is 30.3 Å². The number of H-pyrrole nitrogens is 1. The Morgan fingerprint density at radius 1 is 1.04 bits per heavy atom. The van der Waals surface area contributed by atoms with Crippen LogP contribution < -0.4 is 0 Å². The average molecular weight is 342 g/mol. The Hall–Kier alpha value is -3.34. The first-order valence-electron chi connectivity index (χ1n) is 8.78. The van der Waals surface area contributed by atoms with Crippen LogP contribution in [0.2, 0.25) is 0 Å². The lowest BCUT2D eigenvalue weighted by Crippen LogP contribution is -2.36. The normalized spacial score (nSPS) is 13.8. The highest BCUT2D eigenvalue weighted by molar-refractivity contribution is 6.06. The standard InChI is InChI=1S/C21H18N4O/c26-21(18-7-4-8-19-17(18)9-11-22-19)24-12-10-20-15(14-24)13-23-25(20)16-5-2-1-3-6-16/h1-9,11,13,22H,10,12,14H2. The van der Waals surface area contributed by atoms with Crippen molar-refractivity contribution in [1.29, 1.82) is 0 Å². The van der Waals surface area contributed by atoms with Gasteiger partial charge in [-0.2, -0.15) is 5.10 Å². The van der Waals surface area contributed by atoms with Gasteiger partial charge in [0.25, 0.3) is 5.91 Å². The summed E-state index contributed by atoms with van der Waals surface area (Å²) in [6.45, 7) is 1.30. The van der Waals surface area contributed by atoms with Crippen molar-refractivity contribution in [3.05, 3.63) is 83.8 Å². The minimum atomic E-state index is 0.0771. The van der Waals surface area contributed by atoms with E-state index >= 15 is 0 Å². The van der Waals surface area contributed by atoms with E-state index in [2.05, 4.69) is 22.2 Å². The van der Waals surface area contributed by atoms with Crippen molar-refractivity contribution in [3.63, 3.8) is 0 Å². The molecule has 2 aromatic carbocycles. The van der Waals surface area contributed by atoms with Crippen LogP contribution in [0.1, 0.15) is 21.6 Å². The van der Waals surface area contributed by atoms with Crippen LogP contribution in [0.5, 0.6) is 0 Å². The number of hydrogen-bond acceptors (Lipinski definition) is 2. The molecule has 1 amide bonds. The van der Waals surface area contributed by atoms with Crippen molar-refractivity contribution in [2.45, 2.75) is 13.0 Å². The third-order valence-electron chi connectivity index (χ3n) is 5.05. The van der Waals surface area contributed by atoms with Gasteiger partial charge in [-0.15, -0.1) is 0 Å². The summed E-state index contributed by atoms with van der Waals surface area (Å²) in [5.74, 6) is 0.0771. The number of carbonyl (C=O) groups excluding carboxylic acids is 1. The molecule has 2 aromatic heterocycles. The number of aromatic amines is 1. The van der Waals surface area contributed by atoms with Gasteiger partial charge in [0.1, 0.15) is 0 Å². The Balaban J connectivity index is 1.45. The Morgan fingerprint density at radius 3 is 2.81 bits per heavy atom. The van der Waals surface area contributed by atoms with Gasteiger partial charge in [0.2, 0.25) is 0 Å². The zero-order valence-corrected chi connectivity index (χ0v) is 14.2. The van der Waals surface area contributed by atoms with Crippen LogP contribution in [0, 0.1) is 0 Å². The molecular formula is C21H18N4O. The van der Waals surface area contributed by atoms with E-state index in [0.717, 1.165) is 34.1 Å². The largest absolute Gasteiger partial charge is 0.361 e. The maximum atomic E-state index is 13.1. The van der Waals surface area contributed by atoms with Crippen LogP contribution in [0.4, 0.5) is 0 Å². The second-order valence-corrected chi connectivity index (χ2v) is 6.59. The van der Waals surface area contributed by atoms with Crippen LogP contribution >= 0.6 is 0 Å². The first-order chi connectivity index (χ1) is 12.8. The van der Waals surface area contributed by atoms with Gasteiger partial charge in [-0.3, -0.25) is 4.79 Å². The van der Waals surface area contributed by atoms with Crippen molar-refractivity contribution in [2.24, 2.45) is 0 Å². The molecule has 5 rings (SSSR count). The third-order valence-corrected chi connectivity index (χ3v) is 5.05. The van der Waals surface area contributed by atoms with Crippen molar-refractivity contribution in [2.75, 3.05) is 6.54 Å². The molecule has 128 valence electrons. The molecule has 0 bridgehead atoms. The van der Waals surface area contributed by atoms with E-state index < -0.39 is 0 Å². The summed E-state index contributed by atoms with van der Waals surface area (Å²) in [5, 5.41) is 5.53. The Kier molecular flexibility index (Phi) is 3.38. The SMILES string of the molecule is O=C(c1cccc2[nH]ccc12)N1CCc2c(cnn2-c2ccccc2)C1. The molecule has 5 nitrogen and oxygen atoms in total. The van der Waals surface area contributed by atoms with Gasteiger partial charge in [-0.1, -0.05) is 24.3 Å². The molecule has 1 aliphatic rings. The number of fused-ring (bicyclic) bond motifs is 2. The highest BCUT2D eigenvalue weighted by Gasteiger charge is 2.26. The molecule has 1 N–H and O–H groups in total. The number of rotatable bonds is 2. The Bertz CT molecular complexity index is 1090. The van der Waals surface area contributed by atoms with Crippen LogP contribution in [0.3, 0.4) is 0 Å². The topological polar surface area (TPSA) is 53.9 Å². The van der Waals surface area contributed by atoms with Crippen LogP contribution in [0.25, 0.3) is 16.6 Å². The number of nitrogens with zero attached hydrogens (tertiary/aromatic N) is 3. The van der Waals surface area contributed by atoms with Crippen molar-refractivity contribution >= 4 is 16.8 Å². The van der Waals surface area contributed by atoms with Gasteiger partial charge in [-0.25, -0.2) is 4.68 Å². The first kappa shape index (κ1) is 15.0. The summed E-state index contributed by atoms with van der Waals surface area (Å²) >= 11 is 0.